The Morgan fingerprint density at radius 3 is 2.29 bits per heavy atom. The maximum atomic E-state index is 12.3. The molecule has 0 radical (unpaired) electrons. The minimum Gasteiger partial charge on any atom is -0.481 e. The number of carboxylic acid groups (broad SMARTS) is 1. The molecule has 17 heavy (non-hydrogen) atoms. The van der Waals surface area contributed by atoms with Gasteiger partial charge in [0.2, 0.25) is 5.91 Å². The van der Waals surface area contributed by atoms with Gasteiger partial charge in [-0.3, -0.25) is 9.59 Å². The predicted octanol–water partition coefficient (Wildman–Crippen LogP) is 0.685. The maximum absolute atomic E-state index is 12.3. The number of nitrogens with zero attached hydrogens (tertiary/aromatic N) is 1. The Morgan fingerprint density at radius 2 is 1.94 bits per heavy atom. The number of nitrogens with two attached hydrogens (primary N) is 1. The Kier molecular flexibility index (Phi) is 4.51. The van der Waals surface area contributed by atoms with E-state index in [1.807, 2.05) is 13.8 Å². The Bertz CT molecular complexity index is 292. The highest BCUT2D eigenvalue weighted by atomic mass is 16.4. The van der Waals surface area contributed by atoms with Crippen molar-refractivity contribution in [1.82, 2.24) is 4.90 Å². The molecule has 1 aliphatic rings. The summed E-state index contributed by atoms with van der Waals surface area (Å²) in [5.41, 5.74) is 5.16. The van der Waals surface area contributed by atoms with Crippen LogP contribution in [0.25, 0.3) is 0 Å². The second-order valence-corrected chi connectivity index (χ2v) is 5.02. The van der Waals surface area contributed by atoms with Gasteiger partial charge in [-0.2, -0.15) is 0 Å². The third-order valence-corrected chi connectivity index (χ3v) is 3.88. The van der Waals surface area contributed by atoms with Crippen molar-refractivity contribution < 1.29 is 14.7 Å². The van der Waals surface area contributed by atoms with Crippen LogP contribution < -0.4 is 5.73 Å². The number of hydrogen-bond acceptors (Lipinski definition) is 3. The molecule has 1 amide bonds. The molecular weight excluding hydrogens is 220 g/mol. The number of likely N-dealkylation sites (tertiary alicyclic amines) is 1. The normalized spacial score (nSPS) is 21.0. The summed E-state index contributed by atoms with van der Waals surface area (Å²) in [4.78, 5) is 24.8. The highest BCUT2D eigenvalue weighted by Gasteiger charge is 2.36. The van der Waals surface area contributed by atoms with E-state index in [0.29, 0.717) is 38.9 Å². The first-order valence-electron chi connectivity index (χ1n) is 6.17. The van der Waals surface area contributed by atoms with Crippen molar-refractivity contribution in [2.24, 2.45) is 17.1 Å². The number of carbonyl (C=O) groups is 2. The molecule has 0 aliphatic carbocycles. The van der Waals surface area contributed by atoms with Gasteiger partial charge in [0.1, 0.15) is 0 Å². The lowest BCUT2D eigenvalue weighted by molar-refractivity contribution is -0.148. The molecule has 0 bridgehead atoms. The summed E-state index contributed by atoms with van der Waals surface area (Å²) in [6.45, 7) is 5.23. The van der Waals surface area contributed by atoms with Crippen LogP contribution in [0, 0.1) is 11.3 Å². The topological polar surface area (TPSA) is 83.6 Å². The molecule has 98 valence electrons. The smallest absolute Gasteiger partial charge is 0.306 e. The van der Waals surface area contributed by atoms with Gasteiger partial charge in [0.25, 0.3) is 0 Å². The summed E-state index contributed by atoms with van der Waals surface area (Å²) in [5.74, 6) is -0.995. The maximum Gasteiger partial charge on any atom is 0.306 e. The van der Waals surface area contributed by atoms with Crippen molar-refractivity contribution in [2.45, 2.75) is 33.1 Å². The molecule has 1 saturated heterocycles. The molecule has 0 aromatic carbocycles. The molecule has 1 unspecified atom stereocenters. The van der Waals surface area contributed by atoms with E-state index >= 15 is 0 Å². The van der Waals surface area contributed by atoms with Crippen LogP contribution >= 0.6 is 0 Å². The van der Waals surface area contributed by atoms with Crippen molar-refractivity contribution in [3.05, 3.63) is 0 Å². The van der Waals surface area contributed by atoms with Crippen LogP contribution in [0.4, 0.5) is 0 Å². The van der Waals surface area contributed by atoms with Crippen molar-refractivity contribution >= 4 is 11.9 Å². The number of rotatable bonds is 4. The van der Waals surface area contributed by atoms with E-state index in [2.05, 4.69) is 0 Å². The molecule has 0 aromatic heterocycles. The quantitative estimate of drug-likeness (QED) is 0.759. The van der Waals surface area contributed by atoms with Crippen LogP contribution in [0.15, 0.2) is 0 Å². The largest absolute Gasteiger partial charge is 0.481 e. The Balaban J connectivity index is 2.60. The van der Waals surface area contributed by atoms with E-state index in [9.17, 15) is 9.59 Å². The average Bonchev–Trinajstić information content (AvgIpc) is 2.37. The van der Waals surface area contributed by atoms with Gasteiger partial charge in [-0.25, -0.2) is 0 Å². The Hall–Kier alpha value is -1.10. The first-order valence-corrected chi connectivity index (χ1v) is 6.17. The molecule has 1 heterocycles. The minimum atomic E-state index is -0.755. The molecule has 1 aliphatic heterocycles. The first-order chi connectivity index (χ1) is 7.94. The number of hydrogen-bond donors (Lipinski definition) is 2. The Morgan fingerprint density at radius 1 is 1.41 bits per heavy atom. The molecule has 0 spiro atoms. The highest BCUT2D eigenvalue weighted by Crippen LogP contribution is 2.26. The lowest BCUT2D eigenvalue weighted by Crippen LogP contribution is -2.49. The van der Waals surface area contributed by atoms with Crippen molar-refractivity contribution in [3.63, 3.8) is 0 Å². The standard InChI is InChI=1S/C12H22N2O3/c1-3-12(2,8-13)11(17)14-6-4-9(5-7-14)10(15)16/h9H,3-8,13H2,1-2H3,(H,15,16). The van der Waals surface area contributed by atoms with Crippen molar-refractivity contribution in [3.8, 4) is 0 Å². The van der Waals surface area contributed by atoms with Gasteiger partial charge in [-0.1, -0.05) is 6.92 Å². The monoisotopic (exact) mass is 242 g/mol. The fourth-order valence-corrected chi connectivity index (χ4v) is 2.09. The van der Waals surface area contributed by atoms with Crippen LogP contribution in [0.1, 0.15) is 33.1 Å². The van der Waals surface area contributed by atoms with Gasteiger partial charge in [-0.15, -0.1) is 0 Å². The molecule has 5 heteroatoms. The molecule has 0 aromatic rings. The second kappa shape index (κ2) is 5.49. The number of aliphatic carboxylic acids is 1. The van der Waals surface area contributed by atoms with Gasteiger partial charge >= 0.3 is 5.97 Å². The average molecular weight is 242 g/mol. The summed E-state index contributed by atoms with van der Waals surface area (Å²) in [5, 5.41) is 8.89. The molecule has 1 rings (SSSR count). The van der Waals surface area contributed by atoms with E-state index in [4.69, 9.17) is 10.8 Å². The summed E-state index contributed by atoms with van der Waals surface area (Å²) < 4.78 is 0. The summed E-state index contributed by atoms with van der Waals surface area (Å²) in [6.07, 6.45) is 1.80. The van der Waals surface area contributed by atoms with Gasteiger partial charge < -0.3 is 15.7 Å². The molecule has 5 nitrogen and oxygen atoms in total. The predicted molar refractivity (Wildman–Crippen MR) is 64.4 cm³/mol. The Labute approximate surface area is 102 Å². The van der Waals surface area contributed by atoms with Crippen LogP contribution in [0.5, 0.6) is 0 Å². The van der Waals surface area contributed by atoms with Gasteiger partial charge in [-0.05, 0) is 26.2 Å². The number of carboxylic acids is 1. The lowest BCUT2D eigenvalue weighted by atomic mass is 9.85. The van der Waals surface area contributed by atoms with E-state index in [0.717, 1.165) is 0 Å². The van der Waals surface area contributed by atoms with Crippen LogP contribution in [0.3, 0.4) is 0 Å². The van der Waals surface area contributed by atoms with Crippen LogP contribution in [-0.2, 0) is 9.59 Å². The molecular formula is C12H22N2O3. The summed E-state index contributed by atoms with van der Waals surface area (Å²) in [6, 6.07) is 0. The zero-order valence-corrected chi connectivity index (χ0v) is 10.6. The number of carbonyl (C=O) groups excluding carboxylic acids is 1. The highest BCUT2D eigenvalue weighted by molar-refractivity contribution is 5.83. The van der Waals surface area contributed by atoms with Gasteiger partial charge in [0.15, 0.2) is 0 Å². The molecule has 1 atom stereocenters. The first kappa shape index (κ1) is 14.0. The summed E-state index contributed by atoms with van der Waals surface area (Å²) in [7, 11) is 0. The van der Waals surface area contributed by atoms with Gasteiger partial charge in [0, 0.05) is 19.6 Å². The SMILES string of the molecule is CCC(C)(CN)C(=O)N1CCC(C(=O)O)CC1. The fourth-order valence-electron chi connectivity index (χ4n) is 2.09. The van der Waals surface area contributed by atoms with Crippen molar-refractivity contribution in [1.29, 1.82) is 0 Å². The van der Waals surface area contributed by atoms with Crippen LogP contribution in [-0.4, -0.2) is 41.5 Å². The zero-order chi connectivity index (χ0) is 13.1. The molecule has 0 saturated carbocycles. The van der Waals surface area contributed by atoms with E-state index < -0.39 is 11.4 Å². The van der Waals surface area contributed by atoms with Gasteiger partial charge in [0.05, 0.1) is 11.3 Å². The molecule has 1 fully saturated rings. The minimum absolute atomic E-state index is 0.0614. The molecule has 3 N–H and O–H groups in total. The third kappa shape index (κ3) is 2.97. The second-order valence-electron chi connectivity index (χ2n) is 5.02. The fraction of sp³-hybridized carbons (Fsp3) is 0.833. The lowest BCUT2D eigenvalue weighted by Gasteiger charge is -2.36. The van der Waals surface area contributed by atoms with Crippen LogP contribution in [0.2, 0.25) is 0 Å². The summed E-state index contributed by atoms with van der Waals surface area (Å²) >= 11 is 0. The zero-order valence-electron chi connectivity index (χ0n) is 10.6. The number of amides is 1. The van der Waals surface area contributed by atoms with E-state index in [-0.39, 0.29) is 11.8 Å². The third-order valence-electron chi connectivity index (χ3n) is 3.88. The van der Waals surface area contributed by atoms with E-state index in [1.165, 1.54) is 0 Å². The van der Waals surface area contributed by atoms with Crippen molar-refractivity contribution in [2.75, 3.05) is 19.6 Å². The number of piperidine rings is 1. The van der Waals surface area contributed by atoms with E-state index in [1.54, 1.807) is 4.90 Å².